The number of anilines is 1. The van der Waals surface area contributed by atoms with Crippen LogP contribution in [0.4, 0.5) is 5.69 Å². The third kappa shape index (κ3) is 3.30. The molecular weight excluding hydrogens is 244 g/mol. The van der Waals surface area contributed by atoms with E-state index < -0.39 is 0 Å². The summed E-state index contributed by atoms with van der Waals surface area (Å²) in [6, 6.07) is 6.01. The largest absolute Gasteiger partial charge is 0.486 e. The number of hydrogen-bond acceptors (Lipinski definition) is 5. The summed E-state index contributed by atoms with van der Waals surface area (Å²) < 4.78 is 16.4. The van der Waals surface area contributed by atoms with Crippen molar-refractivity contribution in [3.63, 3.8) is 0 Å². The van der Waals surface area contributed by atoms with Crippen LogP contribution in [0.5, 0.6) is 11.5 Å². The van der Waals surface area contributed by atoms with Gasteiger partial charge in [0.05, 0.1) is 13.2 Å². The molecule has 0 unspecified atom stereocenters. The molecule has 0 bridgehead atoms. The number of benzene rings is 1. The molecule has 104 valence electrons. The predicted molar refractivity (Wildman–Crippen MR) is 73.2 cm³/mol. The fraction of sp³-hybridized carbons (Fsp3) is 0.571. The maximum absolute atomic E-state index is 5.57. The van der Waals surface area contributed by atoms with Crippen molar-refractivity contribution in [2.24, 2.45) is 0 Å². The molecule has 3 rings (SSSR count). The highest BCUT2D eigenvalue weighted by Gasteiger charge is 2.12. The van der Waals surface area contributed by atoms with Crippen molar-refractivity contribution in [1.82, 2.24) is 4.90 Å². The molecule has 2 heterocycles. The van der Waals surface area contributed by atoms with E-state index >= 15 is 0 Å². The van der Waals surface area contributed by atoms with Crippen LogP contribution in [0.25, 0.3) is 0 Å². The molecule has 0 atom stereocenters. The monoisotopic (exact) mass is 264 g/mol. The fourth-order valence-corrected chi connectivity index (χ4v) is 2.34. The number of hydrogen-bond donors (Lipinski definition) is 1. The molecule has 0 radical (unpaired) electrons. The maximum Gasteiger partial charge on any atom is 0.163 e. The zero-order valence-electron chi connectivity index (χ0n) is 11.1. The van der Waals surface area contributed by atoms with Gasteiger partial charge in [-0.25, -0.2) is 0 Å². The molecular formula is C14H20N2O3. The lowest BCUT2D eigenvalue weighted by molar-refractivity contribution is 0.0398. The first-order chi connectivity index (χ1) is 9.42. The highest BCUT2D eigenvalue weighted by atomic mass is 16.6. The van der Waals surface area contributed by atoms with E-state index in [4.69, 9.17) is 14.2 Å². The Morgan fingerprint density at radius 1 is 1.00 bits per heavy atom. The second-order valence-electron chi connectivity index (χ2n) is 4.74. The molecule has 0 aliphatic carbocycles. The van der Waals surface area contributed by atoms with Gasteiger partial charge in [-0.2, -0.15) is 0 Å². The standard InChI is InChI=1S/C14H20N2O3/c1-2-13-14(19-10-9-18-13)11-12(1)15-3-4-16-5-7-17-8-6-16/h1-2,11,15H,3-10H2. The van der Waals surface area contributed by atoms with Gasteiger partial charge in [-0.3, -0.25) is 4.90 Å². The molecule has 2 aliphatic heterocycles. The Bertz CT molecular complexity index is 419. The lowest BCUT2D eigenvalue weighted by Crippen LogP contribution is -2.39. The van der Waals surface area contributed by atoms with Crippen molar-refractivity contribution >= 4 is 5.69 Å². The molecule has 1 aromatic carbocycles. The van der Waals surface area contributed by atoms with Gasteiger partial charge in [0, 0.05) is 37.9 Å². The van der Waals surface area contributed by atoms with Crippen LogP contribution in [0.15, 0.2) is 18.2 Å². The second kappa shape index (κ2) is 6.12. The number of nitrogens with one attached hydrogen (secondary N) is 1. The van der Waals surface area contributed by atoms with Gasteiger partial charge in [0.2, 0.25) is 0 Å². The van der Waals surface area contributed by atoms with Crippen LogP contribution in [0.1, 0.15) is 0 Å². The minimum absolute atomic E-state index is 0.629. The van der Waals surface area contributed by atoms with Crippen molar-refractivity contribution in [1.29, 1.82) is 0 Å². The minimum Gasteiger partial charge on any atom is -0.486 e. The Balaban J connectivity index is 1.49. The first-order valence-corrected chi connectivity index (χ1v) is 6.85. The van der Waals surface area contributed by atoms with E-state index in [9.17, 15) is 0 Å². The van der Waals surface area contributed by atoms with Crippen molar-refractivity contribution in [3.8, 4) is 11.5 Å². The molecule has 1 fully saturated rings. The van der Waals surface area contributed by atoms with Crippen molar-refractivity contribution in [3.05, 3.63) is 18.2 Å². The zero-order valence-corrected chi connectivity index (χ0v) is 11.1. The Kier molecular flexibility index (Phi) is 4.05. The van der Waals surface area contributed by atoms with Gasteiger partial charge in [-0.1, -0.05) is 0 Å². The summed E-state index contributed by atoms with van der Waals surface area (Å²) in [5.74, 6) is 1.67. The summed E-state index contributed by atoms with van der Waals surface area (Å²) in [6.45, 7) is 7.00. The summed E-state index contributed by atoms with van der Waals surface area (Å²) in [5, 5.41) is 3.42. The van der Waals surface area contributed by atoms with Crippen molar-refractivity contribution in [2.45, 2.75) is 0 Å². The minimum atomic E-state index is 0.629. The van der Waals surface area contributed by atoms with Gasteiger partial charge in [0.1, 0.15) is 13.2 Å². The van der Waals surface area contributed by atoms with Crippen molar-refractivity contribution in [2.75, 3.05) is 57.9 Å². The van der Waals surface area contributed by atoms with Crippen molar-refractivity contribution < 1.29 is 14.2 Å². The normalized spacial score (nSPS) is 19.2. The third-order valence-corrected chi connectivity index (χ3v) is 3.40. The molecule has 5 heteroatoms. The Morgan fingerprint density at radius 3 is 2.63 bits per heavy atom. The average Bonchev–Trinajstić information content (AvgIpc) is 2.48. The smallest absolute Gasteiger partial charge is 0.163 e. The molecule has 19 heavy (non-hydrogen) atoms. The van der Waals surface area contributed by atoms with Crippen LogP contribution in [-0.4, -0.2) is 57.5 Å². The Labute approximate surface area is 113 Å². The van der Waals surface area contributed by atoms with E-state index in [-0.39, 0.29) is 0 Å². The topological polar surface area (TPSA) is 43.0 Å². The number of rotatable bonds is 4. The molecule has 0 amide bonds. The number of fused-ring (bicyclic) bond motifs is 1. The van der Waals surface area contributed by atoms with E-state index in [0.29, 0.717) is 13.2 Å². The fourth-order valence-electron chi connectivity index (χ4n) is 2.34. The quantitative estimate of drug-likeness (QED) is 0.885. The summed E-state index contributed by atoms with van der Waals surface area (Å²) in [6.07, 6.45) is 0. The summed E-state index contributed by atoms with van der Waals surface area (Å²) in [7, 11) is 0. The SMILES string of the molecule is c1cc2c(cc1NCCN1CCOCC1)OCCO2. The van der Waals surface area contributed by atoms with Gasteiger partial charge in [-0.05, 0) is 12.1 Å². The van der Waals surface area contributed by atoms with Gasteiger partial charge >= 0.3 is 0 Å². The maximum atomic E-state index is 5.57. The summed E-state index contributed by atoms with van der Waals surface area (Å²) in [5.41, 5.74) is 1.08. The summed E-state index contributed by atoms with van der Waals surface area (Å²) >= 11 is 0. The van der Waals surface area contributed by atoms with Crippen LogP contribution in [0.2, 0.25) is 0 Å². The second-order valence-corrected chi connectivity index (χ2v) is 4.74. The molecule has 1 aromatic rings. The van der Waals surface area contributed by atoms with Gasteiger partial charge in [-0.15, -0.1) is 0 Å². The molecule has 0 spiro atoms. The van der Waals surface area contributed by atoms with Gasteiger partial charge in [0.25, 0.3) is 0 Å². The van der Waals surface area contributed by atoms with E-state index in [1.165, 1.54) is 0 Å². The lowest BCUT2D eigenvalue weighted by Gasteiger charge is -2.26. The average molecular weight is 264 g/mol. The highest BCUT2D eigenvalue weighted by molar-refractivity contribution is 5.55. The van der Waals surface area contributed by atoms with Gasteiger partial charge < -0.3 is 19.5 Å². The van der Waals surface area contributed by atoms with E-state index in [0.717, 1.165) is 56.6 Å². The molecule has 5 nitrogen and oxygen atoms in total. The van der Waals surface area contributed by atoms with Crippen LogP contribution < -0.4 is 14.8 Å². The zero-order chi connectivity index (χ0) is 12.9. The molecule has 2 aliphatic rings. The van der Waals surface area contributed by atoms with Crippen LogP contribution in [0.3, 0.4) is 0 Å². The van der Waals surface area contributed by atoms with E-state index in [1.54, 1.807) is 0 Å². The third-order valence-electron chi connectivity index (χ3n) is 3.40. The number of ether oxygens (including phenoxy) is 3. The Morgan fingerprint density at radius 2 is 1.79 bits per heavy atom. The molecule has 1 N–H and O–H groups in total. The molecule has 1 saturated heterocycles. The number of morpholine rings is 1. The lowest BCUT2D eigenvalue weighted by atomic mass is 10.2. The van der Waals surface area contributed by atoms with E-state index in [1.807, 2.05) is 18.2 Å². The summed E-state index contributed by atoms with van der Waals surface area (Å²) in [4.78, 5) is 2.41. The first kappa shape index (κ1) is 12.6. The van der Waals surface area contributed by atoms with Crippen LogP contribution >= 0.6 is 0 Å². The number of nitrogens with zero attached hydrogens (tertiary/aromatic N) is 1. The predicted octanol–water partition coefficient (Wildman–Crippen LogP) is 1.20. The van der Waals surface area contributed by atoms with Gasteiger partial charge in [0.15, 0.2) is 11.5 Å². The Hall–Kier alpha value is -1.46. The van der Waals surface area contributed by atoms with E-state index in [2.05, 4.69) is 10.2 Å². The first-order valence-electron chi connectivity index (χ1n) is 6.85. The molecule has 0 saturated carbocycles. The van der Waals surface area contributed by atoms with Crippen LogP contribution in [-0.2, 0) is 4.74 Å². The molecule has 0 aromatic heterocycles. The van der Waals surface area contributed by atoms with Crippen LogP contribution in [0, 0.1) is 0 Å². The highest BCUT2D eigenvalue weighted by Crippen LogP contribution is 2.32.